The third-order valence-electron chi connectivity index (χ3n) is 7.45. The number of aromatic hydroxyl groups is 1. The Morgan fingerprint density at radius 3 is 2.90 bits per heavy atom. The molecule has 31 heavy (non-hydrogen) atoms. The van der Waals surface area contributed by atoms with E-state index in [0.717, 1.165) is 61.4 Å². The lowest BCUT2D eigenvalue weighted by Gasteiger charge is -2.36. The van der Waals surface area contributed by atoms with Gasteiger partial charge in [0.25, 0.3) is 0 Å². The third-order valence-corrected chi connectivity index (χ3v) is 7.45. The molecule has 3 heterocycles. The van der Waals surface area contributed by atoms with Crippen molar-refractivity contribution in [1.82, 2.24) is 26.1 Å². The van der Waals surface area contributed by atoms with Crippen LogP contribution in [0.1, 0.15) is 67.7 Å². The second kappa shape index (κ2) is 8.37. The number of aromatic nitrogens is 2. The molecule has 0 radical (unpaired) electrons. The first-order valence-electron chi connectivity index (χ1n) is 11.5. The Bertz CT molecular complexity index is 986. The minimum atomic E-state index is -0.993. The van der Waals surface area contributed by atoms with Gasteiger partial charge in [-0.1, -0.05) is 18.6 Å². The lowest BCUT2D eigenvalue weighted by atomic mass is 9.71. The molecular weight excluding hydrogens is 393 g/mol. The molecule has 7 heteroatoms. The van der Waals surface area contributed by atoms with E-state index >= 15 is 4.39 Å². The van der Waals surface area contributed by atoms with Gasteiger partial charge in [-0.25, -0.2) is 14.8 Å². The number of halogens is 1. The van der Waals surface area contributed by atoms with Crippen molar-refractivity contribution < 1.29 is 9.50 Å². The maximum absolute atomic E-state index is 15.7. The molecule has 3 aliphatic rings. The first-order chi connectivity index (χ1) is 15.1. The first-order valence-corrected chi connectivity index (χ1v) is 11.5. The number of rotatable bonds is 4. The number of nitrogens with zero attached hydrogens (tertiary/aromatic N) is 1. The molecule has 5 rings (SSSR count). The van der Waals surface area contributed by atoms with Crippen LogP contribution in [0.15, 0.2) is 30.0 Å². The number of aryl methyl sites for hydroxylation is 1. The molecule has 5 unspecified atom stereocenters. The Labute approximate surface area is 182 Å². The number of nitrogens with one attached hydrogen (secondary N) is 4. The molecule has 1 saturated heterocycles. The zero-order chi connectivity index (χ0) is 21.5. The van der Waals surface area contributed by atoms with Crippen molar-refractivity contribution in [3.63, 3.8) is 0 Å². The van der Waals surface area contributed by atoms with Crippen LogP contribution in [0, 0.1) is 5.92 Å². The summed E-state index contributed by atoms with van der Waals surface area (Å²) >= 11 is 0. The zero-order valence-electron chi connectivity index (χ0n) is 18.2. The van der Waals surface area contributed by atoms with Crippen molar-refractivity contribution in [2.45, 2.75) is 63.7 Å². The Balaban J connectivity index is 1.35. The van der Waals surface area contributed by atoms with E-state index in [1.807, 2.05) is 12.3 Å². The van der Waals surface area contributed by atoms with Crippen molar-refractivity contribution in [3.8, 4) is 5.75 Å². The molecule has 1 saturated carbocycles. The van der Waals surface area contributed by atoms with Crippen LogP contribution in [0.3, 0.4) is 0 Å². The number of H-pyrrole nitrogens is 1. The summed E-state index contributed by atoms with van der Waals surface area (Å²) in [7, 11) is 0. The fraction of sp³-hybridized carbons (Fsp3) is 0.542. The Morgan fingerprint density at radius 2 is 2.10 bits per heavy atom. The van der Waals surface area contributed by atoms with Crippen LogP contribution in [0.2, 0.25) is 0 Å². The highest BCUT2D eigenvalue weighted by Gasteiger charge is 2.48. The maximum atomic E-state index is 15.7. The van der Waals surface area contributed by atoms with Crippen LogP contribution in [0.25, 0.3) is 5.57 Å². The van der Waals surface area contributed by atoms with Gasteiger partial charge in [-0.3, -0.25) is 5.43 Å². The summed E-state index contributed by atoms with van der Waals surface area (Å²) in [5.41, 5.74) is 12.4. The van der Waals surface area contributed by atoms with Crippen molar-refractivity contribution in [2.24, 2.45) is 5.92 Å². The van der Waals surface area contributed by atoms with Crippen LogP contribution in [-0.4, -0.2) is 40.4 Å². The average Bonchev–Trinajstić information content (AvgIpc) is 3.42. The zero-order valence-corrected chi connectivity index (χ0v) is 18.2. The van der Waals surface area contributed by atoms with Crippen LogP contribution in [0.5, 0.6) is 5.75 Å². The number of benzene rings is 1. The fourth-order valence-corrected chi connectivity index (χ4v) is 5.67. The number of imidazole rings is 1. The summed E-state index contributed by atoms with van der Waals surface area (Å²) in [5, 5.41) is 13.3. The molecule has 6 nitrogen and oxygen atoms in total. The van der Waals surface area contributed by atoms with Gasteiger partial charge in [-0.05, 0) is 68.0 Å². The summed E-state index contributed by atoms with van der Waals surface area (Å²) in [5.74, 6) is 1.12. The summed E-state index contributed by atoms with van der Waals surface area (Å²) in [6, 6.07) is 5.07. The van der Waals surface area contributed by atoms with Gasteiger partial charge in [-0.15, -0.1) is 0 Å². The lowest BCUT2D eigenvalue weighted by Crippen LogP contribution is -2.45. The van der Waals surface area contributed by atoms with E-state index in [1.165, 1.54) is 11.1 Å². The predicted octanol–water partition coefficient (Wildman–Crippen LogP) is 3.49. The molecule has 2 fully saturated rings. The molecule has 5 N–H and O–H groups in total. The van der Waals surface area contributed by atoms with Crippen molar-refractivity contribution in [2.75, 3.05) is 13.1 Å². The van der Waals surface area contributed by atoms with Gasteiger partial charge >= 0.3 is 0 Å². The van der Waals surface area contributed by atoms with Crippen LogP contribution in [-0.2, 0) is 6.42 Å². The number of alkyl halides is 1. The van der Waals surface area contributed by atoms with Crippen molar-refractivity contribution in [1.29, 1.82) is 0 Å². The minimum Gasteiger partial charge on any atom is -0.508 e. The number of phenols is 1. The number of fused-ring (bicyclic) bond motifs is 1. The van der Waals surface area contributed by atoms with Gasteiger partial charge in [0.05, 0.1) is 24.0 Å². The van der Waals surface area contributed by atoms with E-state index in [2.05, 4.69) is 40.0 Å². The summed E-state index contributed by atoms with van der Waals surface area (Å²) in [6.07, 6.45) is 4.48. The first kappa shape index (κ1) is 20.7. The SMILES string of the molecule is CCc1cc(O)ccc1C1CCC2C(c3ncc(C4=C(C)CCNC4)[nH]3)NNC2C1F. The van der Waals surface area contributed by atoms with Gasteiger partial charge in [-0.2, -0.15) is 0 Å². The van der Waals surface area contributed by atoms with Gasteiger partial charge in [0.1, 0.15) is 17.7 Å². The second-order valence-electron chi connectivity index (χ2n) is 9.19. The molecule has 0 bridgehead atoms. The molecule has 0 spiro atoms. The quantitative estimate of drug-likeness (QED) is 0.518. The number of phenolic OH excluding ortho intramolecular Hbond substituents is 1. The van der Waals surface area contributed by atoms with Crippen molar-refractivity contribution >= 4 is 5.57 Å². The number of hydrogen-bond acceptors (Lipinski definition) is 5. The maximum Gasteiger partial charge on any atom is 0.125 e. The average molecular weight is 426 g/mol. The number of hydrazine groups is 1. The van der Waals surface area contributed by atoms with Gasteiger partial charge in [0.15, 0.2) is 0 Å². The molecule has 5 atom stereocenters. The fourth-order valence-electron chi connectivity index (χ4n) is 5.67. The third kappa shape index (κ3) is 3.69. The van der Waals surface area contributed by atoms with Crippen molar-refractivity contribution in [3.05, 3.63) is 52.6 Å². The van der Waals surface area contributed by atoms with E-state index in [-0.39, 0.29) is 29.7 Å². The van der Waals surface area contributed by atoms with Crippen LogP contribution >= 0.6 is 0 Å². The van der Waals surface area contributed by atoms with E-state index in [0.29, 0.717) is 0 Å². The highest BCUT2D eigenvalue weighted by Crippen LogP contribution is 2.45. The summed E-state index contributed by atoms with van der Waals surface area (Å²) < 4.78 is 15.7. The standard InChI is InChI=1S/C24H32FN5O/c1-3-14-10-15(31)4-5-16(14)17-6-7-18-22(21(17)25)29-30-23(18)24-27-12-20(28-24)19-11-26-9-8-13(19)2/h4-5,10,12,17-18,21-23,26,29-31H,3,6-9,11H2,1-2H3,(H,27,28). The molecule has 0 amide bonds. The van der Waals surface area contributed by atoms with E-state index in [9.17, 15) is 5.11 Å². The van der Waals surface area contributed by atoms with Crippen LogP contribution < -0.4 is 16.2 Å². The normalized spacial score (nSPS) is 31.1. The van der Waals surface area contributed by atoms with Gasteiger partial charge < -0.3 is 15.4 Å². The molecule has 1 aromatic heterocycles. The molecule has 1 aliphatic carbocycles. The Hall–Kier alpha value is -2.22. The summed E-state index contributed by atoms with van der Waals surface area (Å²) in [4.78, 5) is 8.18. The number of aromatic amines is 1. The lowest BCUT2D eigenvalue weighted by molar-refractivity contribution is 0.135. The highest BCUT2D eigenvalue weighted by atomic mass is 19.1. The topological polar surface area (TPSA) is 85.0 Å². The van der Waals surface area contributed by atoms with Gasteiger partial charge in [0.2, 0.25) is 0 Å². The van der Waals surface area contributed by atoms with Crippen LogP contribution in [0.4, 0.5) is 4.39 Å². The molecule has 2 aliphatic heterocycles. The smallest absolute Gasteiger partial charge is 0.125 e. The minimum absolute atomic E-state index is 0.0270. The highest BCUT2D eigenvalue weighted by molar-refractivity contribution is 5.67. The molecule has 166 valence electrons. The molecule has 1 aromatic carbocycles. The van der Waals surface area contributed by atoms with Gasteiger partial charge in [0, 0.05) is 18.4 Å². The largest absolute Gasteiger partial charge is 0.508 e. The number of hydrogen-bond donors (Lipinski definition) is 5. The second-order valence-corrected chi connectivity index (χ2v) is 9.19. The molecular formula is C24H32FN5O. The predicted molar refractivity (Wildman–Crippen MR) is 119 cm³/mol. The Morgan fingerprint density at radius 1 is 1.23 bits per heavy atom. The Kier molecular flexibility index (Phi) is 5.58. The monoisotopic (exact) mass is 425 g/mol. The van der Waals surface area contributed by atoms with E-state index in [4.69, 9.17) is 0 Å². The van der Waals surface area contributed by atoms with E-state index in [1.54, 1.807) is 12.1 Å². The van der Waals surface area contributed by atoms with E-state index < -0.39 is 6.17 Å². The molecule has 2 aromatic rings. The summed E-state index contributed by atoms with van der Waals surface area (Å²) in [6.45, 7) is 6.12.